The standard InChI is InChI=1S/C16H14O2/c1-12-6-8-13(9-7-12)10-11-16(18)14-4-2-3-5-15(14)17/h2-11,17H,1H3/b11-10+. The molecule has 0 fully saturated rings. The lowest BCUT2D eigenvalue weighted by Crippen LogP contribution is -1.94. The van der Waals surface area contributed by atoms with Gasteiger partial charge >= 0.3 is 0 Å². The Morgan fingerprint density at radius 3 is 2.39 bits per heavy atom. The molecule has 0 bridgehead atoms. The number of aryl methyl sites for hydroxylation is 1. The van der Waals surface area contributed by atoms with Gasteiger partial charge in [0.2, 0.25) is 0 Å². The van der Waals surface area contributed by atoms with Crippen LogP contribution in [0, 0.1) is 6.92 Å². The number of rotatable bonds is 3. The van der Waals surface area contributed by atoms with Crippen molar-refractivity contribution in [2.45, 2.75) is 6.92 Å². The summed E-state index contributed by atoms with van der Waals surface area (Å²) in [5.74, 6) is -0.190. The Morgan fingerprint density at radius 1 is 1.06 bits per heavy atom. The van der Waals surface area contributed by atoms with Gasteiger partial charge in [0.15, 0.2) is 5.78 Å². The quantitative estimate of drug-likeness (QED) is 0.655. The van der Waals surface area contributed by atoms with Gasteiger partial charge in [-0.15, -0.1) is 0 Å². The molecule has 0 saturated heterocycles. The molecule has 0 amide bonds. The molecule has 0 radical (unpaired) electrons. The number of aromatic hydroxyl groups is 1. The molecule has 0 aliphatic carbocycles. The Bertz CT molecular complexity index is 580. The van der Waals surface area contributed by atoms with Crippen molar-refractivity contribution in [2.24, 2.45) is 0 Å². The van der Waals surface area contributed by atoms with Crippen LogP contribution in [0.15, 0.2) is 54.6 Å². The van der Waals surface area contributed by atoms with E-state index in [-0.39, 0.29) is 11.5 Å². The Morgan fingerprint density at radius 2 is 1.72 bits per heavy atom. The van der Waals surface area contributed by atoms with Gasteiger partial charge < -0.3 is 5.11 Å². The highest BCUT2D eigenvalue weighted by molar-refractivity contribution is 6.08. The summed E-state index contributed by atoms with van der Waals surface area (Å²) < 4.78 is 0. The van der Waals surface area contributed by atoms with Crippen LogP contribution in [-0.2, 0) is 0 Å². The lowest BCUT2D eigenvalue weighted by molar-refractivity contribution is 0.104. The van der Waals surface area contributed by atoms with Crippen molar-refractivity contribution < 1.29 is 9.90 Å². The number of carbonyl (C=O) groups is 1. The van der Waals surface area contributed by atoms with E-state index in [1.807, 2.05) is 31.2 Å². The summed E-state index contributed by atoms with van der Waals surface area (Å²) in [7, 11) is 0. The lowest BCUT2D eigenvalue weighted by Gasteiger charge is -1.99. The zero-order valence-electron chi connectivity index (χ0n) is 10.1. The van der Waals surface area contributed by atoms with Crippen molar-refractivity contribution in [3.05, 3.63) is 71.3 Å². The summed E-state index contributed by atoms with van der Waals surface area (Å²) in [6.45, 7) is 2.01. The summed E-state index contributed by atoms with van der Waals surface area (Å²) in [5, 5.41) is 9.56. The number of phenols is 1. The number of allylic oxidation sites excluding steroid dienone is 1. The molecule has 2 rings (SSSR count). The molecule has 0 aliphatic rings. The molecule has 2 nitrogen and oxygen atoms in total. The zero-order valence-corrected chi connectivity index (χ0v) is 10.1. The van der Waals surface area contributed by atoms with Crippen LogP contribution in [0.5, 0.6) is 5.75 Å². The van der Waals surface area contributed by atoms with E-state index < -0.39 is 0 Å². The van der Waals surface area contributed by atoms with Crippen molar-refractivity contribution in [3.63, 3.8) is 0 Å². The number of hydrogen-bond donors (Lipinski definition) is 1. The predicted octanol–water partition coefficient (Wildman–Crippen LogP) is 3.60. The van der Waals surface area contributed by atoms with E-state index in [1.165, 1.54) is 17.7 Å². The minimum Gasteiger partial charge on any atom is -0.507 e. The number of para-hydroxylation sites is 1. The summed E-state index contributed by atoms with van der Waals surface area (Å²) in [6, 6.07) is 14.4. The smallest absolute Gasteiger partial charge is 0.189 e. The molecule has 0 atom stereocenters. The second kappa shape index (κ2) is 5.32. The first-order valence-corrected chi connectivity index (χ1v) is 5.74. The van der Waals surface area contributed by atoms with Gasteiger partial charge in [-0.1, -0.05) is 48.0 Å². The summed E-state index contributed by atoms with van der Waals surface area (Å²) >= 11 is 0. The molecule has 1 N–H and O–H groups in total. The second-order valence-electron chi connectivity index (χ2n) is 4.13. The molecule has 90 valence electrons. The predicted molar refractivity (Wildman–Crippen MR) is 72.7 cm³/mol. The fourth-order valence-corrected chi connectivity index (χ4v) is 1.62. The average Bonchev–Trinajstić information content (AvgIpc) is 2.38. The van der Waals surface area contributed by atoms with Gasteiger partial charge in [0.1, 0.15) is 5.75 Å². The van der Waals surface area contributed by atoms with E-state index in [0.29, 0.717) is 5.56 Å². The van der Waals surface area contributed by atoms with E-state index in [9.17, 15) is 9.90 Å². The molecule has 0 aromatic heterocycles. The number of phenolic OH excluding ortho intramolecular Hbond substituents is 1. The first kappa shape index (κ1) is 12.1. The second-order valence-corrected chi connectivity index (χ2v) is 4.13. The normalized spacial score (nSPS) is 10.7. The Kier molecular flexibility index (Phi) is 3.58. The molecular formula is C16H14O2. The Balaban J connectivity index is 2.17. The maximum Gasteiger partial charge on any atom is 0.189 e. The monoisotopic (exact) mass is 238 g/mol. The maximum atomic E-state index is 11.9. The molecule has 2 aromatic rings. The number of carbonyl (C=O) groups excluding carboxylic acids is 1. The third kappa shape index (κ3) is 2.86. The highest BCUT2D eigenvalue weighted by atomic mass is 16.3. The SMILES string of the molecule is Cc1ccc(/C=C/C(=O)c2ccccc2O)cc1. The van der Waals surface area contributed by atoms with Crippen LogP contribution in [-0.4, -0.2) is 10.9 Å². The Hall–Kier alpha value is -2.35. The average molecular weight is 238 g/mol. The third-order valence-corrected chi connectivity index (χ3v) is 2.67. The van der Waals surface area contributed by atoms with Crippen LogP contribution >= 0.6 is 0 Å². The van der Waals surface area contributed by atoms with Crippen molar-refractivity contribution in [1.82, 2.24) is 0 Å². The van der Waals surface area contributed by atoms with Crippen LogP contribution in [0.4, 0.5) is 0 Å². The van der Waals surface area contributed by atoms with E-state index in [1.54, 1.807) is 24.3 Å². The number of benzene rings is 2. The fourth-order valence-electron chi connectivity index (χ4n) is 1.62. The number of hydrogen-bond acceptors (Lipinski definition) is 2. The molecule has 0 heterocycles. The van der Waals surface area contributed by atoms with Gasteiger partial charge in [0.25, 0.3) is 0 Å². The highest BCUT2D eigenvalue weighted by Crippen LogP contribution is 2.17. The van der Waals surface area contributed by atoms with Crippen LogP contribution in [0.1, 0.15) is 21.5 Å². The number of ketones is 1. The van der Waals surface area contributed by atoms with Crippen LogP contribution in [0.25, 0.3) is 6.08 Å². The largest absolute Gasteiger partial charge is 0.507 e. The fraction of sp³-hybridized carbons (Fsp3) is 0.0625. The summed E-state index contributed by atoms with van der Waals surface area (Å²) in [5.41, 5.74) is 2.46. The van der Waals surface area contributed by atoms with Gasteiger partial charge in [-0.05, 0) is 30.7 Å². The first-order chi connectivity index (χ1) is 8.66. The van der Waals surface area contributed by atoms with Gasteiger partial charge in [-0.25, -0.2) is 0 Å². The maximum absolute atomic E-state index is 11.9. The zero-order chi connectivity index (χ0) is 13.0. The minimum absolute atomic E-state index is 0.0102. The van der Waals surface area contributed by atoms with Crippen molar-refractivity contribution in [3.8, 4) is 5.75 Å². The van der Waals surface area contributed by atoms with E-state index in [0.717, 1.165) is 5.56 Å². The molecule has 0 spiro atoms. The summed E-state index contributed by atoms with van der Waals surface area (Å²) in [4.78, 5) is 11.9. The van der Waals surface area contributed by atoms with Crippen molar-refractivity contribution in [2.75, 3.05) is 0 Å². The van der Waals surface area contributed by atoms with Gasteiger partial charge in [0, 0.05) is 0 Å². The van der Waals surface area contributed by atoms with E-state index >= 15 is 0 Å². The molecule has 0 saturated carbocycles. The van der Waals surface area contributed by atoms with E-state index in [4.69, 9.17) is 0 Å². The van der Waals surface area contributed by atoms with Crippen LogP contribution in [0.3, 0.4) is 0 Å². The van der Waals surface area contributed by atoms with Crippen molar-refractivity contribution in [1.29, 1.82) is 0 Å². The highest BCUT2D eigenvalue weighted by Gasteiger charge is 2.06. The molecular weight excluding hydrogens is 224 g/mol. The molecule has 2 heteroatoms. The van der Waals surface area contributed by atoms with E-state index in [2.05, 4.69) is 0 Å². The van der Waals surface area contributed by atoms with Gasteiger partial charge in [0.05, 0.1) is 5.56 Å². The van der Waals surface area contributed by atoms with Gasteiger partial charge in [-0.3, -0.25) is 4.79 Å². The summed E-state index contributed by atoms with van der Waals surface area (Å²) in [6.07, 6.45) is 3.22. The van der Waals surface area contributed by atoms with Gasteiger partial charge in [-0.2, -0.15) is 0 Å². The molecule has 2 aromatic carbocycles. The first-order valence-electron chi connectivity index (χ1n) is 5.74. The topological polar surface area (TPSA) is 37.3 Å². The van der Waals surface area contributed by atoms with Crippen molar-refractivity contribution >= 4 is 11.9 Å². The molecule has 0 aliphatic heterocycles. The third-order valence-electron chi connectivity index (χ3n) is 2.67. The minimum atomic E-state index is -0.200. The van der Waals surface area contributed by atoms with Crippen LogP contribution < -0.4 is 0 Å². The van der Waals surface area contributed by atoms with Crippen LogP contribution in [0.2, 0.25) is 0 Å². The lowest BCUT2D eigenvalue weighted by atomic mass is 10.1. The Labute approximate surface area is 106 Å². The molecule has 0 unspecified atom stereocenters. The molecule has 18 heavy (non-hydrogen) atoms.